The Morgan fingerprint density at radius 1 is 0.957 bits per heavy atom. The van der Waals surface area contributed by atoms with Crippen LogP contribution in [-0.4, -0.2) is 32.1 Å². The number of rotatable bonds is 7. The number of hydrogen-bond donors (Lipinski definition) is 0. The van der Waals surface area contributed by atoms with Crippen LogP contribution in [0.3, 0.4) is 0 Å². The van der Waals surface area contributed by atoms with Crippen LogP contribution in [0.15, 0.2) is 48.5 Å². The van der Waals surface area contributed by atoms with Crippen molar-refractivity contribution in [3.8, 4) is 11.5 Å². The number of carbonyl (C=O) groups excluding carboxylic acids is 2. The molecule has 0 bridgehead atoms. The summed E-state index contributed by atoms with van der Waals surface area (Å²) in [7, 11) is 1.33. The van der Waals surface area contributed by atoms with E-state index in [-0.39, 0.29) is 19.0 Å². The molecule has 5 heteroatoms. The van der Waals surface area contributed by atoms with Crippen LogP contribution in [-0.2, 0) is 4.74 Å². The van der Waals surface area contributed by atoms with E-state index in [1.165, 1.54) is 14.0 Å². The van der Waals surface area contributed by atoms with Gasteiger partial charge in [0, 0.05) is 0 Å². The SMILES string of the molecule is COC(=O)c1cccc(OCCOc2ccccc2C(C)=O)c1. The lowest BCUT2D eigenvalue weighted by Crippen LogP contribution is -2.11. The highest BCUT2D eigenvalue weighted by Gasteiger charge is 2.08. The number of esters is 1. The highest BCUT2D eigenvalue weighted by molar-refractivity contribution is 5.96. The summed E-state index contributed by atoms with van der Waals surface area (Å²) in [4.78, 5) is 22.9. The van der Waals surface area contributed by atoms with Crippen molar-refractivity contribution in [3.05, 3.63) is 59.7 Å². The third kappa shape index (κ3) is 4.57. The molecular weight excluding hydrogens is 296 g/mol. The van der Waals surface area contributed by atoms with Crippen LogP contribution in [0.1, 0.15) is 27.6 Å². The summed E-state index contributed by atoms with van der Waals surface area (Å²) in [6.07, 6.45) is 0. The monoisotopic (exact) mass is 314 g/mol. The zero-order valence-electron chi connectivity index (χ0n) is 13.1. The molecule has 0 amide bonds. The molecular formula is C18H18O5. The molecule has 0 aliphatic carbocycles. The predicted octanol–water partition coefficient (Wildman–Crippen LogP) is 3.13. The van der Waals surface area contributed by atoms with Crippen LogP contribution in [0, 0.1) is 0 Å². The van der Waals surface area contributed by atoms with Gasteiger partial charge in [-0.2, -0.15) is 0 Å². The molecule has 0 N–H and O–H groups in total. The Balaban J connectivity index is 1.89. The standard InChI is InChI=1S/C18H18O5/c1-13(19)16-8-3-4-9-17(16)23-11-10-22-15-7-5-6-14(12-15)18(20)21-2/h3-9,12H,10-11H2,1-2H3. The van der Waals surface area contributed by atoms with Gasteiger partial charge in [-0.05, 0) is 37.3 Å². The van der Waals surface area contributed by atoms with E-state index in [9.17, 15) is 9.59 Å². The molecule has 0 aliphatic heterocycles. The van der Waals surface area contributed by atoms with E-state index >= 15 is 0 Å². The molecule has 0 saturated heterocycles. The summed E-state index contributed by atoms with van der Waals surface area (Å²) >= 11 is 0. The number of carbonyl (C=O) groups is 2. The fraction of sp³-hybridized carbons (Fsp3) is 0.222. The summed E-state index contributed by atoms with van der Waals surface area (Å²) in [5.74, 6) is 0.623. The summed E-state index contributed by atoms with van der Waals surface area (Å²) in [5, 5.41) is 0. The number of para-hydroxylation sites is 1. The Hall–Kier alpha value is -2.82. The van der Waals surface area contributed by atoms with Crippen LogP contribution in [0.2, 0.25) is 0 Å². The Kier molecular flexibility index (Phi) is 5.74. The summed E-state index contributed by atoms with van der Waals surface area (Å²) in [6, 6.07) is 13.8. The fourth-order valence-electron chi connectivity index (χ4n) is 2.03. The van der Waals surface area contributed by atoms with Crippen LogP contribution in [0.25, 0.3) is 0 Å². The van der Waals surface area contributed by atoms with Gasteiger partial charge in [0.2, 0.25) is 0 Å². The van der Waals surface area contributed by atoms with Crippen molar-refractivity contribution in [1.29, 1.82) is 0 Å². The first-order valence-electron chi connectivity index (χ1n) is 7.15. The van der Waals surface area contributed by atoms with Gasteiger partial charge in [-0.3, -0.25) is 4.79 Å². The molecule has 2 aromatic carbocycles. The minimum Gasteiger partial charge on any atom is -0.490 e. The van der Waals surface area contributed by atoms with Crippen molar-refractivity contribution in [2.75, 3.05) is 20.3 Å². The normalized spacial score (nSPS) is 10.0. The Morgan fingerprint density at radius 3 is 2.43 bits per heavy atom. The maximum atomic E-state index is 11.5. The Labute approximate surface area is 134 Å². The molecule has 0 spiro atoms. The second-order valence-corrected chi connectivity index (χ2v) is 4.77. The van der Waals surface area contributed by atoms with Gasteiger partial charge in [-0.1, -0.05) is 18.2 Å². The van der Waals surface area contributed by atoms with E-state index in [0.29, 0.717) is 22.6 Å². The number of methoxy groups -OCH3 is 1. The minimum atomic E-state index is -0.415. The van der Waals surface area contributed by atoms with E-state index in [4.69, 9.17) is 9.47 Å². The molecule has 0 radical (unpaired) electrons. The Bertz CT molecular complexity index is 693. The van der Waals surface area contributed by atoms with Crippen LogP contribution < -0.4 is 9.47 Å². The van der Waals surface area contributed by atoms with Crippen LogP contribution >= 0.6 is 0 Å². The molecule has 0 saturated carbocycles. The molecule has 0 unspecified atom stereocenters. The molecule has 0 fully saturated rings. The quantitative estimate of drug-likeness (QED) is 0.446. The first-order valence-corrected chi connectivity index (χ1v) is 7.15. The first-order chi connectivity index (χ1) is 11.1. The largest absolute Gasteiger partial charge is 0.490 e. The van der Waals surface area contributed by atoms with Crippen molar-refractivity contribution in [1.82, 2.24) is 0 Å². The zero-order chi connectivity index (χ0) is 16.7. The molecule has 0 aromatic heterocycles. The average molecular weight is 314 g/mol. The molecule has 0 atom stereocenters. The number of ketones is 1. The second-order valence-electron chi connectivity index (χ2n) is 4.77. The molecule has 23 heavy (non-hydrogen) atoms. The van der Waals surface area contributed by atoms with E-state index in [2.05, 4.69) is 4.74 Å². The minimum absolute atomic E-state index is 0.0488. The van der Waals surface area contributed by atoms with Crippen molar-refractivity contribution < 1.29 is 23.8 Å². The lowest BCUT2D eigenvalue weighted by molar-refractivity contribution is 0.0600. The number of Topliss-reactive ketones (excluding diaryl/α,β-unsaturated/α-hetero) is 1. The van der Waals surface area contributed by atoms with Gasteiger partial charge < -0.3 is 14.2 Å². The molecule has 2 rings (SSSR count). The van der Waals surface area contributed by atoms with Gasteiger partial charge >= 0.3 is 5.97 Å². The summed E-state index contributed by atoms with van der Waals surface area (Å²) < 4.78 is 15.8. The number of hydrogen-bond acceptors (Lipinski definition) is 5. The fourth-order valence-corrected chi connectivity index (χ4v) is 2.03. The molecule has 5 nitrogen and oxygen atoms in total. The van der Waals surface area contributed by atoms with Gasteiger partial charge in [0.1, 0.15) is 24.7 Å². The molecule has 120 valence electrons. The zero-order valence-corrected chi connectivity index (χ0v) is 13.1. The van der Waals surface area contributed by atoms with Crippen molar-refractivity contribution in [2.45, 2.75) is 6.92 Å². The molecule has 0 aliphatic rings. The lowest BCUT2D eigenvalue weighted by Gasteiger charge is -2.11. The lowest BCUT2D eigenvalue weighted by atomic mass is 10.1. The van der Waals surface area contributed by atoms with Crippen molar-refractivity contribution in [3.63, 3.8) is 0 Å². The van der Waals surface area contributed by atoms with Crippen molar-refractivity contribution >= 4 is 11.8 Å². The van der Waals surface area contributed by atoms with Crippen LogP contribution in [0.5, 0.6) is 11.5 Å². The maximum Gasteiger partial charge on any atom is 0.337 e. The van der Waals surface area contributed by atoms with E-state index in [1.54, 1.807) is 42.5 Å². The highest BCUT2D eigenvalue weighted by atomic mass is 16.5. The van der Waals surface area contributed by atoms with E-state index in [1.807, 2.05) is 6.07 Å². The van der Waals surface area contributed by atoms with Gasteiger partial charge in [-0.15, -0.1) is 0 Å². The Morgan fingerprint density at radius 2 is 1.70 bits per heavy atom. The average Bonchev–Trinajstić information content (AvgIpc) is 2.58. The van der Waals surface area contributed by atoms with E-state index < -0.39 is 5.97 Å². The van der Waals surface area contributed by atoms with Gasteiger partial charge in [0.25, 0.3) is 0 Å². The van der Waals surface area contributed by atoms with Gasteiger partial charge in [0.05, 0.1) is 18.2 Å². The van der Waals surface area contributed by atoms with E-state index in [0.717, 1.165) is 0 Å². The van der Waals surface area contributed by atoms with Gasteiger partial charge in [-0.25, -0.2) is 4.79 Å². The number of benzene rings is 2. The maximum absolute atomic E-state index is 11.5. The molecule has 0 heterocycles. The summed E-state index contributed by atoms with van der Waals surface area (Å²) in [5.41, 5.74) is 0.966. The third-order valence-electron chi connectivity index (χ3n) is 3.13. The highest BCUT2D eigenvalue weighted by Crippen LogP contribution is 2.18. The topological polar surface area (TPSA) is 61.8 Å². The van der Waals surface area contributed by atoms with Crippen molar-refractivity contribution in [2.24, 2.45) is 0 Å². The molecule has 2 aromatic rings. The first kappa shape index (κ1) is 16.5. The van der Waals surface area contributed by atoms with Crippen LogP contribution in [0.4, 0.5) is 0 Å². The number of ether oxygens (including phenoxy) is 3. The second kappa shape index (κ2) is 7.98. The smallest absolute Gasteiger partial charge is 0.337 e. The third-order valence-corrected chi connectivity index (χ3v) is 3.13. The predicted molar refractivity (Wildman–Crippen MR) is 85.2 cm³/mol. The van der Waals surface area contributed by atoms with Gasteiger partial charge in [0.15, 0.2) is 5.78 Å². The summed E-state index contributed by atoms with van der Waals surface area (Å²) in [6.45, 7) is 2.07.